The minimum atomic E-state index is -0.525. The fraction of sp³-hybridized carbons (Fsp3) is 0.314. The number of imidazole rings is 1. The highest BCUT2D eigenvalue weighted by Crippen LogP contribution is 2.46. The van der Waals surface area contributed by atoms with Gasteiger partial charge in [-0.25, -0.2) is 9.37 Å². The summed E-state index contributed by atoms with van der Waals surface area (Å²) in [5.74, 6) is 0.338. The summed E-state index contributed by atoms with van der Waals surface area (Å²) < 4.78 is 18.1. The normalized spacial score (nSPS) is 16.5. The summed E-state index contributed by atoms with van der Waals surface area (Å²) in [5.41, 5.74) is 6.66. The molecule has 3 aromatic heterocycles. The van der Waals surface area contributed by atoms with Crippen LogP contribution in [0.2, 0.25) is 0 Å². The number of hydrogen-bond acceptors (Lipinski definition) is 4. The highest BCUT2D eigenvalue weighted by molar-refractivity contribution is 6.01. The van der Waals surface area contributed by atoms with Gasteiger partial charge in [0.25, 0.3) is 5.91 Å². The lowest BCUT2D eigenvalue weighted by molar-refractivity contribution is -0.112. The summed E-state index contributed by atoms with van der Waals surface area (Å²) >= 11 is 0. The van der Waals surface area contributed by atoms with E-state index in [2.05, 4.69) is 21.8 Å². The number of aryl methyl sites for hydroxylation is 2. The number of carbonyl (C=O) groups is 2. The summed E-state index contributed by atoms with van der Waals surface area (Å²) in [4.78, 5) is 34.5. The molecule has 218 valence electrons. The van der Waals surface area contributed by atoms with Crippen molar-refractivity contribution in [1.82, 2.24) is 24.4 Å². The Bertz CT molecular complexity index is 1940. The van der Waals surface area contributed by atoms with Crippen LogP contribution in [0.15, 0.2) is 60.8 Å². The Hall–Kier alpha value is -4.59. The summed E-state index contributed by atoms with van der Waals surface area (Å²) in [5, 5.41) is 4.33. The van der Waals surface area contributed by atoms with E-state index in [-0.39, 0.29) is 17.5 Å². The number of amides is 1. The maximum atomic E-state index is 13.8. The summed E-state index contributed by atoms with van der Waals surface area (Å²) in [6.07, 6.45) is 10.8. The number of aromatic nitrogens is 4. The molecule has 43 heavy (non-hydrogen) atoms. The fourth-order valence-electron chi connectivity index (χ4n) is 6.76. The molecular formula is C35H34FN5O2. The van der Waals surface area contributed by atoms with Gasteiger partial charge in [-0.05, 0) is 99.2 Å². The van der Waals surface area contributed by atoms with E-state index in [1.54, 1.807) is 18.2 Å². The zero-order valence-corrected chi connectivity index (χ0v) is 24.7. The van der Waals surface area contributed by atoms with Crippen LogP contribution in [0.3, 0.4) is 0 Å². The van der Waals surface area contributed by atoms with Gasteiger partial charge in [0.05, 0.1) is 34.2 Å². The van der Waals surface area contributed by atoms with Gasteiger partial charge < -0.3 is 14.5 Å². The van der Waals surface area contributed by atoms with Crippen molar-refractivity contribution in [3.8, 4) is 11.4 Å². The van der Waals surface area contributed by atoms with Gasteiger partial charge in [0.1, 0.15) is 11.6 Å². The molecule has 0 aliphatic heterocycles. The van der Waals surface area contributed by atoms with Gasteiger partial charge in [0.15, 0.2) is 5.78 Å². The Labute approximate surface area is 249 Å². The third-order valence-electron chi connectivity index (χ3n) is 9.12. The Morgan fingerprint density at radius 2 is 1.84 bits per heavy atom. The quantitative estimate of drug-likeness (QED) is 0.209. The average molecular weight is 576 g/mol. The first kappa shape index (κ1) is 27.3. The molecule has 0 saturated heterocycles. The molecule has 3 heterocycles. The first-order chi connectivity index (χ1) is 20.7. The number of nitrogens with zero attached hydrogens (tertiary/aromatic N) is 4. The highest BCUT2D eigenvalue weighted by Gasteiger charge is 2.49. The molecule has 2 aromatic carbocycles. The van der Waals surface area contributed by atoms with E-state index in [1.165, 1.54) is 32.0 Å². The number of halogens is 1. The first-order valence-electron chi connectivity index (χ1n) is 15.0. The van der Waals surface area contributed by atoms with E-state index >= 15 is 0 Å². The van der Waals surface area contributed by atoms with Gasteiger partial charge in [-0.2, -0.15) is 0 Å². The lowest BCUT2D eigenvalue weighted by atomic mass is 10.1. The van der Waals surface area contributed by atoms with Crippen molar-refractivity contribution >= 4 is 39.7 Å². The largest absolute Gasteiger partial charge is 0.339 e. The number of hydrogen-bond donors (Lipinski definition) is 1. The molecule has 2 aliphatic rings. The molecule has 0 atom stereocenters. The van der Waals surface area contributed by atoms with Crippen molar-refractivity contribution in [2.75, 3.05) is 0 Å². The second-order valence-corrected chi connectivity index (χ2v) is 12.1. The van der Waals surface area contributed by atoms with Crippen molar-refractivity contribution in [3.05, 3.63) is 89.1 Å². The molecule has 0 bridgehead atoms. The van der Waals surface area contributed by atoms with E-state index in [9.17, 15) is 14.0 Å². The van der Waals surface area contributed by atoms with Crippen LogP contribution in [-0.2, 0) is 17.4 Å². The molecule has 2 fully saturated rings. The van der Waals surface area contributed by atoms with Crippen LogP contribution in [0.5, 0.6) is 0 Å². The molecule has 5 aromatic rings. The lowest BCUT2D eigenvalue weighted by Gasteiger charge is -2.19. The van der Waals surface area contributed by atoms with Gasteiger partial charge >= 0.3 is 0 Å². The molecule has 2 saturated carbocycles. The maximum Gasteiger partial charge on any atom is 0.252 e. The second kappa shape index (κ2) is 10.3. The van der Waals surface area contributed by atoms with Crippen LogP contribution >= 0.6 is 0 Å². The van der Waals surface area contributed by atoms with Gasteiger partial charge in [-0.3, -0.25) is 14.6 Å². The Morgan fingerprint density at radius 3 is 2.53 bits per heavy atom. The van der Waals surface area contributed by atoms with Gasteiger partial charge in [-0.15, -0.1) is 0 Å². The molecule has 1 N–H and O–H groups in total. The molecule has 7 nitrogen and oxygen atoms in total. The minimum absolute atomic E-state index is 0.00253. The van der Waals surface area contributed by atoms with Gasteiger partial charge in [0.2, 0.25) is 0 Å². The number of carbonyl (C=O) groups excluding carboxylic acids is 2. The van der Waals surface area contributed by atoms with Crippen LogP contribution in [0.4, 0.5) is 4.39 Å². The average Bonchev–Trinajstić information content (AvgIpc) is 3.30. The minimum Gasteiger partial charge on any atom is -0.339 e. The Kier molecular flexibility index (Phi) is 6.52. The van der Waals surface area contributed by atoms with Crippen molar-refractivity contribution in [3.63, 3.8) is 0 Å². The molecule has 1 amide bonds. The topological polar surface area (TPSA) is 81.8 Å². The molecule has 0 unspecified atom stereocenters. The zero-order chi connectivity index (χ0) is 29.9. The van der Waals surface area contributed by atoms with Gasteiger partial charge in [-0.1, -0.05) is 25.0 Å². The second-order valence-electron chi connectivity index (χ2n) is 12.1. The number of rotatable bonds is 7. The summed E-state index contributed by atoms with van der Waals surface area (Å²) in [7, 11) is 1.97. The number of ketones is 1. The fourth-order valence-corrected chi connectivity index (χ4v) is 6.76. The number of allylic oxidation sites excluding steroid dienone is 1. The van der Waals surface area contributed by atoms with E-state index in [0.29, 0.717) is 11.6 Å². The van der Waals surface area contributed by atoms with E-state index in [1.807, 2.05) is 48.0 Å². The molecule has 7 rings (SSSR count). The molecule has 2 aliphatic carbocycles. The standard InChI is InChI=1S/C35H34FN5O2/c1-21(42)8-9-23-10-13-28-31(18-23)40(3)34(38-28)35(16-17-35)39-33(43)24-11-15-30-27(19-24)22(2)32(29-14-12-25(36)20-37-29)41(30)26-6-4-5-7-26/h8-15,18-20,26H,4-7,16-17H2,1-3H3,(H,39,43)/b9-8+. The smallest absolute Gasteiger partial charge is 0.252 e. The van der Waals surface area contributed by atoms with E-state index < -0.39 is 5.54 Å². The number of pyridine rings is 1. The molecule has 8 heteroatoms. The highest BCUT2D eigenvalue weighted by atomic mass is 19.1. The first-order valence-corrected chi connectivity index (χ1v) is 15.0. The molecular weight excluding hydrogens is 541 g/mol. The predicted octanol–water partition coefficient (Wildman–Crippen LogP) is 7.17. The monoisotopic (exact) mass is 575 g/mol. The predicted molar refractivity (Wildman–Crippen MR) is 166 cm³/mol. The van der Waals surface area contributed by atoms with Crippen LogP contribution in [0.1, 0.15) is 78.8 Å². The van der Waals surface area contributed by atoms with Crippen molar-refractivity contribution in [2.24, 2.45) is 7.05 Å². The summed E-state index contributed by atoms with van der Waals surface area (Å²) in [6.45, 7) is 3.60. The molecule has 0 radical (unpaired) electrons. The summed E-state index contributed by atoms with van der Waals surface area (Å²) in [6, 6.07) is 15.4. The SMILES string of the molecule is CC(=O)/C=C/c1ccc2nc(C3(NC(=O)c4ccc5c(c4)c(C)c(-c4ccc(F)cn4)n5C4CCCC4)CC3)n(C)c2c1. The number of fused-ring (bicyclic) bond motifs is 2. The zero-order valence-electron chi connectivity index (χ0n) is 24.7. The van der Waals surface area contributed by atoms with Crippen molar-refractivity contribution in [1.29, 1.82) is 0 Å². The van der Waals surface area contributed by atoms with Crippen LogP contribution in [0, 0.1) is 12.7 Å². The Balaban J connectivity index is 1.23. The van der Waals surface area contributed by atoms with Crippen molar-refractivity contribution < 1.29 is 14.0 Å². The van der Waals surface area contributed by atoms with Crippen LogP contribution in [0.25, 0.3) is 39.4 Å². The van der Waals surface area contributed by atoms with Crippen LogP contribution in [-0.4, -0.2) is 30.8 Å². The molecule has 0 spiro atoms. The third-order valence-corrected chi connectivity index (χ3v) is 9.12. The van der Waals surface area contributed by atoms with E-state index in [4.69, 9.17) is 4.98 Å². The Morgan fingerprint density at radius 1 is 1.05 bits per heavy atom. The third kappa shape index (κ3) is 4.75. The maximum absolute atomic E-state index is 13.8. The van der Waals surface area contributed by atoms with Crippen molar-refractivity contribution in [2.45, 2.75) is 64.0 Å². The number of benzene rings is 2. The lowest BCUT2D eigenvalue weighted by Crippen LogP contribution is -2.36. The van der Waals surface area contributed by atoms with Crippen LogP contribution < -0.4 is 5.32 Å². The number of nitrogens with one attached hydrogen (secondary N) is 1. The van der Waals surface area contributed by atoms with Gasteiger partial charge in [0, 0.05) is 29.6 Å². The van der Waals surface area contributed by atoms with E-state index in [0.717, 1.165) is 76.0 Å².